The molecule has 1 aromatic heterocycles. The number of hydrogen-bond donors (Lipinski definition) is 3. The number of rotatable bonds is 3. The number of benzene rings is 1. The molecular weight excluding hydrogens is 419 g/mol. The molecule has 2 heterocycles. The Balaban J connectivity index is 1.97. The van der Waals surface area contributed by atoms with Crippen LogP contribution in [-0.2, 0) is 7.05 Å². The molecule has 0 atom stereocenters. The van der Waals surface area contributed by atoms with Gasteiger partial charge in [-0.15, -0.1) is 23.8 Å². The summed E-state index contributed by atoms with van der Waals surface area (Å²) in [5, 5.41) is 11.2. The first kappa shape index (κ1) is 20.4. The predicted molar refractivity (Wildman–Crippen MR) is 95.5 cm³/mol. The Hall–Kier alpha value is -3.32. The summed E-state index contributed by atoms with van der Waals surface area (Å²) in [6.45, 7) is 0. The number of guanidine groups is 1. The van der Waals surface area contributed by atoms with Gasteiger partial charge in [-0.25, -0.2) is 10.2 Å². The van der Waals surface area contributed by atoms with E-state index < -0.39 is 23.6 Å². The van der Waals surface area contributed by atoms with Crippen molar-refractivity contribution in [2.45, 2.75) is 6.36 Å². The number of alkyl halides is 3. The van der Waals surface area contributed by atoms with Crippen LogP contribution in [0.5, 0.6) is 5.75 Å². The van der Waals surface area contributed by atoms with Gasteiger partial charge in [0, 0.05) is 14.1 Å². The highest BCUT2D eigenvalue weighted by atomic mass is 35.5. The fourth-order valence-electron chi connectivity index (χ4n) is 2.39. The third-order valence-corrected chi connectivity index (χ3v) is 4.07. The first-order valence-corrected chi connectivity index (χ1v) is 8.21. The van der Waals surface area contributed by atoms with E-state index >= 15 is 0 Å². The molecule has 1 amide bonds. The van der Waals surface area contributed by atoms with Crippen LogP contribution in [0.4, 0.5) is 13.2 Å². The molecule has 0 spiro atoms. The highest BCUT2D eigenvalue weighted by Gasteiger charge is 2.31. The summed E-state index contributed by atoms with van der Waals surface area (Å²) in [7, 11) is 2.88. The molecular formula is C15H13ClF3N7O3. The standard InChI is InChI=1S/C15H13ClF3N7O3/c1-25-13(28)9(7-3-5-8(6-4-7)29-15(17,18)19)10(16)11(22-25)12(27)20-14-21-23-24-26(14)2/h3-6,23-24H,1-2H3,(H,20,21,27). The molecule has 1 aromatic carbocycles. The van der Waals surface area contributed by atoms with Gasteiger partial charge in [0.15, 0.2) is 5.69 Å². The third-order valence-electron chi connectivity index (χ3n) is 3.70. The fourth-order valence-corrected chi connectivity index (χ4v) is 2.70. The van der Waals surface area contributed by atoms with Crippen molar-refractivity contribution in [3.63, 3.8) is 0 Å². The second-order valence-corrected chi connectivity index (χ2v) is 6.09. The van der Waals surface area contributed by atoms with Crippen molar-refractivity contribution in [3.05, 3.63) is 45.3 Å². The van der Waals surface area contributed by atoms with Gasteiger partial charge in [-0.2, -0.15) is 5.10 Å². The van der Waals surface area contributed by atoms with Crippen molar-refractivity contribution in [1.82, 2.24) is 31.2 Å². The van der Waals surface area contributed by atoms with Crippen LogP contribution in [0.25, 0.3) is 11.1 Å². The third kappa shape index (κ3) is 4.41. The van der Waals surface area contributed by atoms with Crippen molar-refractivity contribution in [3.8, 4) is 16.9 Å². The summed E-state index contributed by atoms with van der Waals surface area (Å²) in [6.07, 6.45) is -4.85. The van der Waals surface area contributed by atoms with Gasteiger partial charge in [-0.05, 0) is 17.7 Å². The molecule has 0 bridgehead atoms. The van der Waals surface area contributed by atoms with E-state index in [9.17, 15) is 22.8 Å². The lowest BCUT2D eigenvalue weighted by Crippen LogP contribution is -2.45. The Morgan fingerprint density at radius 1 is 1.24 bits per heavy atom. The highest BCUT2D eigenvalue weighted by Crippen LogP contribution is 2.29. The number of carbonyl (C=O) groups excluding carboxylic acids is 1. The Labute approximate surface area is 165 Å². The number of halogens is 4. The average Bonchev–Trinajstić information content (AvgIpc) is 3.03. The van der Waals surface area contributed by atoms with Gasteiger partial charge in [0.1, 0.15) is 5.75 Å². The number of ether oxygens (including phenoxy) is 1. The SMILES string of the molecule is CN1NNN=C1NC(=O)c1nn(C)c(=O)c(-c2ccc(OC(F)(F)F)cc2)c1Cl. The number of nitrogens with zero attached hydrogens (tertiary/aromatic N) is 4. The van der Waals surface area contributed by atoms with Crippen LogP contribution in [0.2, 0.25) is 5.02 Å². The van der Waals surface area contributed by atoms with Crippen LogP contribution >= 0.6 is 11.6 Å². The molecule has 0 fully saturated rings. The Bertz CT molecular complexity index is 1040. The van der Waals surface area contributed by atoms with Crippen molar-refractivity contribution in [2.24, 2.45) is 12.1 Å². The number of hydrazine groups is 2. The lowest BCUT2D eigenvalue weighted by atomic mass is 10.1. The Kier molecular flexibility index (Phi) is 5.35. The lowest BCUT2D eigenvalue weighted by Gasteiger charge is -2.14. The maximum absolute atomic E-state index is 12.5. The van der Waals surface area contributed by atoms with E-state index in [1.807, 2.05) is 0 Å². The smallest absolute Gasteiger partial charge is 0.406 e. The second-order valence-electron chi connectivity index (χ2n) is 5.71. The largest absolute Gasteiger partial charge is 0.573 e. The van der Waals surface area contributed by atoms with E-state index in [-0.39, 0.29) is 27.8 Å². The fraction of sp³-hybridized carbons (Fsp3) is 0.200. The van der Waals surface area contributed by atoms with Gasteiger partial charge in [-0.1, -0.05) is 23.7 Å². The van der Waals surface area contributed by atoms with Crippen molar-refractivity contribution >= 4 is 23.5 Å². The number of hydrazone groups is 1. The molecule has 0 unspecified atom stereocenters. The Morgan fingerprint density at radius 3 is 2.45 bits per heavy atom. The topological polar surface area (TPSA) is 113 Å². The van der Waals surface area contributed by atoms with Crippen LogP contribution in [0, 0.1) is 0 Å². The average molecular weight is 432 g/mol. The maximum atomic E-state index is 12.5. The van der Waals surface area contributed by atoms with Crippen molar-refractivity contribution in [2.75, 3.05) is 7.05 Å². The zero-order valence-corrected chi connectivity index (χ0v) is 15.6. The molecule has 3 N–H and O–H groups in total. The quantitative estimate of drug-likeness (QED) is 0.663. The van der Waals surface area contributed by atoms with Crippen LogP contribution in [0.1, 0.15) is 10.5 Å². The lowest BCUT2D eigenvalue weighted by molar-refractivity contribution is -0.274. The minimum Gasteiger partial charge on any atom is -0.406 e. The minimum atomic E-state index is -4.85. The number of aromatic nitrogens is 2. The first-order chi connectivity index (χ1) is 13.6. The molecule has 0 aliphatic carbocycles. The Morgan fingerprint density at radius 2 is 1.90 bits per heavy atom. The van der Waals surface area contributed by atoms with Gasteiger partial charge in [0.2, 0.25) is 5.96 Å². The second kappa shape index (κ2) is 7.60. The van der Waals surface area contributed by atoms with E-state index in [0.29, 0.717) is 0 Å². The monoisotopic (exact) mass is 431 g/mol. The summed E-state index contributed by atoms with van der Waals surface area (Å²) < 4.78 is 41.6. The summed E-state index contributed by atoms with van der Waals surface area (Å²) in [5.41, 5.74) is 4.16. The van der Waals surface area contributed by atoms with Crippen LogP contribution in [0.15, 0.2) is 34.2 Å². The summed E-state index contributed by atoms with van der Waals surface area (Å²) in [6, 6.07) is 4.48. The first-order valence-electron chi connectivity index (χ1n) is 7.83. The molecule has 29 heavy (non-hydrogen) atoms. The van der Waals surface area contributed by atoms with Gasteiger partial charge in [0.25, 0.3) is 11.5 Å². The normalized spacial score (nSPS) is 13.7. The molecule has 0 saturated heterocycles. The van der Waals surface area contributed by atoms with Crippen molar-refractivity contribution in [1.29, 1.82) is 0 Å². The van der Waals surface area contributed by atoms with Gasteiger partial charge >= 0.3 is 6.36 Å². The molecule has 0 saturated carbocycles. The highest BCUT2D eigenvalue weighted by molar-refractivity contribution is 6.36. The number of carbonyl (C=O) groups is 1. The van der Waals surface area contributed by atoms with Gasteiger partial charge in [-0.3, -0.25) is 19.9 Å². The summed E-state index contributed by atoms with van der Waals surface area (Å²) in [5.74, 6) is -1.10. The van der Waals surface area contributed by atoms with E-state index in [4.69, 9.17) is 11.6 Å². The molecule has 14 heteroatoms. The molecule has 0 radical (unpaired) electrons. The number of nitrogens with one attached hydrogen (secondary N) is 3. The van der Waals surface area contributed by atoms with Gasteiger partial charge < -0.3 is 4.74 Å². The number of amides is 1. The number of aryl methyl sites for hydroxylation is 1. The van der Waals surface area contributed by atoms with E-state index in [1.54, 1.807) is 7.05 Å². The molecule has 2 aromatic rings. The van der Waals surface area contributed by atoms with Crippen molar-refractivity contribution < 1.29 is 22.7 Å². The minimum absolute atomic E-state index is 0.106. The molecule has 1 aliphatic heterocycles. The molecule has 3 rings (SSSR count). The summed E-state index contributed by atoms with van der Waals surface area (Å²) >= 11 is 6.25. The van der Waals surface area contributed by atoms with E-state index in [2.05, 4.69) is 31.3 Å². The maximum Gasteiger partial charge on any atom is 0.573 e. The summed E-state index contributed by atoms with van der Waals surface area (Å²) in [4.78, 5) is 25.0. The number of hydrogen-bond acceptors (Lipinski definition) is 8. The van der Waals surface area contributed by atoms with E-state index in [0.717, 1.165) is 16.8 Å². The molecule has 154 valence electrons. The molecule has 1 aliphatic rings. The van der Waals surface area contributed by atoms with Crippen LogP contribution < -0.4 is 26.7 Å². The molecule has 10 nitrogen and oxygen atoms in total. The predicted octanol–water partition coefficient (Wildman–Crippen LogP) is 0.955. The zero-order valence-electron chi connectivity index (χ0n) is 14.8. The van der Waals surface area contributed by atoms with Crippen LogP contribution in [0.3, 0.4) is 0 Å². The zero-order chi connectivity index (χ0) is 21.3. The van der Waals surface area contributed by atoms with Crippen LogP contribution in [-0.4, -0.2) is 40.1 Å². The van der Waals surface area contributed by atoms with Gasteiger partial charge in [0.05, 0.1) is 10.6 Å². The van der Waals surface area contributed by atoms with E-state index in [1.165, 1.54) is 24.2 Å².